The van der Waals surface area contributed by atoms with Crippen molar-refractivity contribution in [3.05, 3.63) is 39.6 Å². The molecule has 9 nitrogen and oxygen atoms in total. The van der Waals surface area contributed by atoms with Gasteiger partial charge in [-0.25, -0.2) is 9.78 Å². The highest BCUT2D eigenvalue weighted by molar-refractivity contribution is 7.22. The Labute approximate surface area is 158 Å². The van der Waals surface area contributed by atoms with Crippen molar-refractivity contribution in [3.8, 4) is 0 Å². The van der Waals surface area contributed by atoms with Gasteiger partial charge in [0.2, 0.25) is 5.54 Å². The van der Waals surface area contributed by atoms with Crippen LogP contribution in [-0.4, -0.2) is 40.6 Å². The number of rotatable bonds is 4. The van der Waals surface area contributed by atoms with Crippen molar-refractivity contribution in [1.29, 1.82) is 0 Å². The Kier molecular flexibility index (Phi) is 4.49. The van der Waals surface area contributed by atoms with Crippen LogP contribution < -0.4 is 10.6 Å². The molecule has 0 fully saturated rings. The first-order chi connectivity index (χ1) is 13.0. The number of aromatic nitrogens is 1. The Bertz CT molecular complexity index is 1050. The van der Waals surface area contributed by atoms with E-state index >= 15 is 0 Å². The molecule has 1 aliphatic heterocycles. The summed E-state index contributed by atoms with van der Waals surface area (Å²) in [6, 6.07) is 3.57. The van der Waals surface area contributed by atoms with Gasteiger partial charge in [-0.05, 0) is 13.0 Å². The number of nitrogens with one attached hydrogen (secondary N) is 2. The van der Waals surface area contributed by atoms with Crippen molar-refractivity contribution >= 4 is 44.2 Å². The molecule has 13 heteroatoms. The number of nitrogens with zero attached hydrogens (tertiary/aromatic N) is 2. The zero-order valence-corrected chi connectivity index (χ0v) is 15.0. The van der Waals surface area contributed by atoms with Gasteiger partial charge in [-0.3, -0.25) is 14.9 Å². The molecule has 1 amide bonds. The molecular weight excluding hydrogens is 405 g/mol. The van der Waals surface area contributed by atoms with Gasteiger partial charge in [-0.1, -0.05) is 11.3 Å². The van der Waals surface area contributed by atoms with E-state index in [2.05, 4.69) is 9.72 Å². The number of thiazole rings is 1. The lowest BCUT2D eigenvalue weighted by molar-refractivity contribution is -0.384. The average Bonchev–Trinajstić information content (AvgIpc) is 3.11. The second-order valence-electron chi connectivity index (χ2n) is 5.75. The average molecular weight is 416 g/mol. The maximum Gasteiger partial charge on any atom is 0.425 e. The number of ether oxygens (including phenoxy) is 1. The molecule has 1 aromatic heterocycles. The van der Waals surface area contributed by atoms with Gasteiger partial charge in [0.15, 0.2) is 5.13 Å². The van der Waals surface area contributed by atoms with Gasteiger partial charge in [0.25, 0.3) is 11.6 Å². The van der Waals surface area contributed by atoms with Crippen molar-refractivity contribution in [3.63, 3.8) is 0 Å². The molecule has 148 valence electrons. The third-order valence-electron chi connectivity index (χ3n) is 4.08. The number of nitro benzene ring substituents is 1. The van der Waals surface area contributed by atoms with E-state index in [-0.39, 0.29) is 26.7 Å². The minimum absolute atomic E-state index is 0.189. The van der Waals surface area contributed by atoms with Gasteiger partial charge in [0, 0.05) is 17.8 Å². The summed E-state index contributed by atoms with van der Waals surface area (Å²) in [6.45, 7) is 1.14. The predicted octanol–water partition coefficient (Wildman–Crippen LogP) is 2.49. The van der Waals surface area contributed by atoms with Crippen LogP contribution in [0.2, 0.25) is 0 Å². The van der Waals surface area contributed by atoms with Crippen LogP contribution in [0.25, 0.3) is 10.2 Å². The number of halogens is 3. The number of hydrogen-bond donors (Lipinski definition) is 2. The summed E-state index contributed by atoms with van der Waals surface area (Å²) in [6.07, 6.45) is -5.22. The van der Waals surface area contributed by atoms with E-state index in [9.17, 15) is 32.9 Å². The fraction of sp³-hybridized carbons (Fsp3) is 0.267. The Morgan fingerprint density at radius 2 is 2.11 bits per heavy atom. The minimum atomic E-state index is -5.22. The summed E-state index contributed by atoms with van der Waals surface area (Å²) in [5.74, 6) is -2.85. The SMILES string of the molecule is COC(=O)C1=C(C)NC(=O)[C@]1(Nc1nc2ccc([N+](=O)[O-])cc2s1)C(F)(F)F. The number of hydrogen-bond acceptors (Lipinski definition) is 8. The molecule has 2 aromatic rings. The molecule has 0 saturated carbocycles. The fourth-order valence-electron chi connectivity index (χ4n) is 2.83. The van der Waals surface area contributed by atoms with Gasteiger partial charge in [-0.2, -0.15) is 13.2 Å². The van der Waals surface area contributed by atoms with Crippen molar-refractivity contribution < 1.29 is 32.4 Å². The number of esters is 1. The fourth-order valence-corrected chi connectivity index (χ4v) is 3.79. The molecule has 2 N–H and O–H groups in total. The minimum Gasteiger partial charge on any atom is -0.466 e. The summed E-state index contributed by atoms with van der Waals surface area (Å²) in [5.41, 5.74) is -4.73. The molecule has 3 rings (SSSR count). The van der Waals surface area contributed by atoms with Gasteiger partial charge < -0.3 is 15.4 Å². The summed E-state index contributed by atoms with van der Waals surface area (Å²) < 4.78 is 46.7. The van der Waals surface area contributed by atoms with E-state index in [1.165, 1.54) is 6.07 Å². The first kappa shape index (κ1) is 19.5. The smallest absolute Gasteiger partial charge is 0.425 e. The van der Waals surface area contributed by atoms with Gasteiger partial charge in [0.1, 0.15) is 5.57 Å². The maximum absolute atomic E-state index is 14.0. The van der Waals surface area contributed by atoms with E-state index in [0.717, 1.165) is 26.2 Å². The topological polar surface area (TPSA) is 123 Å². The molecule has 1 aromatic carbocycles. The summed E-state index contributed by atoms with van der Waals surface area (Å²) >= 11 is 0.674. The second kappa shape index (κ2) is 6.44. The zero-order chi connectivity index (χ0) is 20.9. The Morgan fingerprint density at radius 3 is 2.68 bits per heavy atom. The summed E-state index contributed by atoms with van der Waals surface area (Å²) in [4.78, 5) is 38.4. The molecule has 2 heterocycles. The van der Waals surface area contributed by atoms with Crippen molar-refractivity contribution in [1.82, 2.24) is 10.3 Å². The second-order valence-corrected chi connectivity index (χ2v) is 6.78. The Morgan fingerprint density at radius 1 is 1.43 bits per heavy atom. The van der Waals surface area contributed by atoms with Crippen LogP contribution in [0.1, 0.15) is 6.92 Å². The van der Waals surface area contributed by atoms with E-state index < -0.39 is 34.1 Å². The van der Waals surface area contributed by atoms with Gasteiger partial charge in [-0.15, -0.1) is 0 Å². The number of anilines is 1. The molecular formula is C15H11F3N4O5S. The van der Waals surface area contributed by atoms with E-state index in [1.807, 2.05) is 10.6 Å². The van der Waals surface area contributed by atoms with Crippen molar-refractivity contribution in [2.75, 3.05) is 12.4 Å². The number of allylic oxidation sites excluding steroid dienone is 1. The van der Waals surface area contributed by atoms with E-state index in [1.54, 1.807) is 0 Å². The van der Waals surface area contributed by atoms with Crippen LogP contribution in [-0.2, 0) is 14.3 Å². The summed E-state index contributed by atoms with van der Waals surface area (Å²) in [7, 11) is 0.892. The highest BCUT2D eigenvalue weighted by Gasteiger charge is 2.68. The third kappa shape index (κ3) is 2.83. The molecule has 0 aliphatic carbocycles. The Hall–Kier alpha value is -3.22. The van der Waals surface area contributed by atoms with Gasteiger partial charge in [0.05, 0.1) is 22.2 Å². The highest BCUT2D eigenvalue weighted by Crippen LogP contribution is 2.45. The quantitative estimate of drug-likeness (QED) is 0.446. The number of fused-ring (bicyclic) bond motifs is 1. The molecule has 28 heavy (non-hydrogen) atoms. The number of carbonyl (C=O) groups excluding carboxylic acids is 2. The number of carbonyl (C=O) groups is 2. The lowest BCUT2D eigenvalue weighted by atomic mass is 9.89. The van der Waals surface area contributed by atoms with E-state index in [0.29, 0.717) is 11.3 Å². The summed E-state index contributed by atoms with van der Waals surface area (Å²) in [5, 5.41) is 14.5. The largest absolute Gasteiger partial charge is 0.466 e. The molecule has 0 radical (unpaired) electrons. The first-order valence-electron chi connectivity index (χ1n) is 7.52. The molecule has 0 bridgehead atoms. The first-order valence-corrected chi connectivity index (χ1v) is 8.34. The van der Waals surface area contributed by atoms with Crippen LogP contribution in [0.5, 0.6) is 0 Å². The number of nitro groups is 1. The number of methoxy groups -OCH3 is 1. The normalized spacial score (nSPS) is 19.7. The lowest BCUT2D eigenvalue weighted by Gasteiger charge is -2.31. The Balaban J connectivity index is 2.14. The van der Waals surface area contributed by atoms with Crippen LogP contribution >= 0.6 is 11.3 Å². The number of benzene rings is 1. The number of amides is 1. The van der Waals surface area contributed by atoms with Crippen LogP contribution in [0, 0.1) is 10.1 Å². The highest BCUT2D eigenvalue weighted by atomic mass is 32.1. The van der Waals surface area contributed by atoms with Crippen molar-refractivity contribution in [2.24, 2.45) is 0 Å². The third-order valence-corrected chi connectivity index (χ3v) is 5.02. The lowest BCUT2D eigenvalue weighted by Crippen LogP contribution is -2.60. The molecule has 0 unspecified atom stereocenters. The van der Waals surface area contributed by atoms with Crippen LogP contribution in [0.4, 0.5) is 24.0 Å². The number of non-ortho nitro benzene ring substituents is 1. The maximum atomic E-state index is 14.0. The molecule has 0 saturated heterocycles. The molecule has 0 spiro atoms. The predicted molar refractivity (Wildman–Crippen MR) is 91.5 cm³/mol. The number of alkyl halides is 3. The van der Waals surface area contributed by atoms with Crippen LogP contribution in [0.3, 0.4) is 0 Å². The monoisotopic (exact) mass is 416 g/mol. The molecule has 1 aliphatic rings. The molecule has 1 atom stereocenters. The van der Waals surface area contributed by atoms with Crippen molar-refractivity contribution in [2.45, 2.75) is 18.6 Å². The van der Waals surface area contributed by atoms with Crippen LogP contribution in [0.15, 0.2) is 29.5 Å². The van der Waals surface area contributed by atoms with E-state index in [4.69, 9.17) is 0 Å². The zero-order valence-electron chi connectivity index (χ0n) is 14.2. The van der Waals surface area contributed by atoms with Gasteiger partial charge >= 0.3 is 12.1 Å². The standard InChI is InChI=1S/C15H11F3N4O5S/c1-6-10(11(23)27-2)14(12(24)19-6,15(16,17)18)21-13-20-8-4-3-7(22(25)26)5-9(8)28-13/h3-5H,1-2H3,(H,19,24)(H,20,21)/t14-/m0/s1.